The first kappa shape index (κ1) is 17.4. The highest BCUT2D eigenvalue weighted by atomic mass is 32.1. The third kappa shape index (κ3) is 5.04. The zero-order valence-electron chi connectivity index (χ0n) is 13.5. The minimum atomic E-state index is 0.532. The van der Waals surface area contributed by atoms with Gasteiger partial charge in [0.2, 0.25) is 0 Å². The Hall–Kier alpha value is -0.650. The van der Waals surface area contributed by atoms with E-state index in [1.807, 2.05) is 11.3 Å². The van der Waals surface area contributed by atoms with Gasteiger partial charge in [-0.3, -0.25) is 0 Å². The SMILES string of the molecule is CCCc1nc(N(C)C(C)CC)sc1CNCCOC. The van der Waals surface area contributed by atoms with Crippen molar-refractivity contribution in [3.8, 4) is 0 Å². The molecule has 0 aliphatic rings. The van der Waals surface area contributed by atoms with Crippen LogP contribution in [-0.2, 0) is 17.7 Å². The summed E-state index contributed by atoms with van der Waals surface area (Å²) in [5, 5.41) is 4.57. The summed E-state index contributed by atoms with van der Waals surface area (Å²) < 4.78 is 5.06. The number of rotatable bonds is 10. The smallest absolute Gasteiger partial charge is 0.185 e. The number of methoxy groups -OCH3 is 1. The normalized spacial score (nSPS) is 12.7. The number of thiazole rings is 1. The molecule has 0 spiro atoms. The second kappa shape index (κ2) is 9.32. The lowest BCUT2D eigenvalue weighted by Gasteiger charge is -2.22. The molecule has 0 aliphatic carbocycles. The van der Waals surface area contributed by atoms with Crippen LogP contribution in [0.3, 0.4) is 0 Å². The number of nitrogens with zero attached hydrogens (tertiary/aromatic N) is 2. The molecule has 1 N–H and O–H groups in total. The first-order valence-corrected chi connectivity index (χ1v) is 8.36. The summed E-state index contributed by atoms with van der Waals surface area (Å²) in [5.74, 6) is 0. The molecular formula is C15H29N3OS. The molecule has 5 heteroatoms. The first-order chi connectivity index (χ1) is 9.63. The average molecular weight is 299 g/mol. The van der Waals surface area contributed by atoms with Gasteiger partial charge in [0.1, 0.15) is 0 Å². The van der Waals surface area contributed by atoms with E-state index in [0.29, 0.717) is 6.04 Å². The van der Waals surface area contributed by atoms with Crippen LogP contribution in [0.4, 0.5) is 5.13 Å². The van der Waals surface area contributed by atoms with Gasteiger partial charge in [-0.1, -0.05) is 20.3 Å². The monoisotopic (exact) mass is 299 g/mol. The van der Waals surface area contributed by atoms with Gasteiger partial charge in [-0.05, 0) is 19.8 Å². The van der Waals surface area contributed by atoms with Crippen LogP contribution in [0.2, 0.25) is 0 Å². The second-order valence-electron chi connectivity index (χ2n) is 5.15. The van der Waals surface area contributed by atoms with Crippen LogP contribution in [0.25, 0.3) is 0 Å². The van der Waals surface area contributed by atoms with Gasteiger partial charge >= 0.3 is 0 Å². The molecule has 20 heavy (non-hydrogen) atoms. The third-order valence-corrected chi connectivity index (χ3v) is 4.76. The molecule has 0 saturated heterocycles. The van der Waals surface area contributed by atoms with E-state index < -0.39 is 0 Å². The topological polar surface area (TPSA) is 37.4 Å². The lowest BCUT2D eigenvalue weighted by molar-refractivity contribution is 0.199. The number of ether oxygens (including phenoxy) is 1. The van der Waals surface area contributed by atoms with Crippen LogP contribution >= 0.6 is 11.3 Å². The second-order valence-corrected chi connectivity index (χ2v) is 6.22. The summed E-state index contributed by atoms with van der Waals surface area (Å²) >= 11 is 1.82. The Bertz CT molecular complexity index is 381. The van der Waals surface area contributed by atoms with Crippen molar-refractivity contribution in [2.75, 3.05) is 32.2 Å². The Labute approximate surface area is 127 Å². The molecule has 0 fully saturated rings. The summed E-state index contributed by atoms with van der Waals surface area (Å²) in [7, 11) is 3.88. The fraction of sp³-hybridized carbons (Fsp3) is 0.800. The van der Waals surface area contributed by atoms with Gasteiger partial charge in [-0.25, -0.2) is 4.98 Å². The van der Waals surface area contributed by atoms with Crippen LogP contribution in [0.1, 0.15) is 44.2 Å². The summed E-state index contributed by atoms with van der Waals surface area (Å²) in [6.07, 6.45) is 3.34. The standard InChI is InChI=1S/C15H29N3OS/c1-6-8-13-14(11-16-9-10-19-5)20-15(17-13)18(4)12(3)7-2/h12,16H,6-11H2,1-5H3. The minimum Gasteiger partial charge on any atom is -0.383 e. The zero-order valence-corrected chi connectivity index (χ0v) is 14.3. The van der Waals surface area contributed by atoms with Crippen molar-refractivity contribution in [1.29, 1.82) is 0 Å². The number of nitrogens with one attached hydrogen (secondary N) is 1. The average Bonchev–Trinajstić information content (AvgIpc) is 2.85. The molecule has 1 aromatic heterocycles. The van der Waals surface area contributed by atoms with Crippen molar-refractivity contribution >= 4 is 16.5 Å². The zero-order chi connectivity index (χ0) is 15.0. The van der Waals surface area contributed by atoms with Crippen molar-refractivity contribution < 1.29 is 4.74 Å². The van der Waals surface area contributed by atoms with Crippen molar-refractivity contribution in [3.05, 3.63) is 10.6 Å². The van der Waals surface area contributed by atoms with Gasteiger partial charge in [-0.2, -0.15) is 0 Å². The number of aryl methyl sites for hydroxylation is 1. The Morgan fingerprint density at radius 3 is 2.75 bits per heavy atom. The predicted octanol–water partition coefficient (Wildman–Crippen LogP) is 3.07. The molecule has 4 nitrogen and oxygen atoms in total. The van der Waals surface area contributed by atoms with Gasteiger partial charge in [0.15, 0.2) is 5.13 Å². The summed E-state index contributed by atoms with van der Waals surface area (Å²) in [6, 6.07) is 0.532. The summed E-state index contributed by atoms with van der Waals surface area (Å²) in [4.78, 5) is 8.50. The Morgan fingerprint density at radius 2 is 2.15 bits per heavy atom. The molecule has 1 unspecified atom stereocenters. The summed E-state index contributed by atoms with van der Waals surface area (Å²) in [5.41, 5.74) is 1.26. The molecule has 1 atom stereocenters. The first-order valence-electron chi connectivity index (χ1n) is 7.55. The number of hydrogen-bond acceptors (Lipinski definition) is 5. The molecule has 1 aromatic rings. The molecule has 1 heterocycles. The van der Waals surface area contributed by atoms with Crippen LogP contribution in [-0.4, -0.2) is 38.3 Å². The van der Waals surface area contributed by atoms with Gasteiger partial charge in [0.05, 0.1) is 12.3 Å². The van der Waals surface area contributed by atoms with Gasteiger partial charge in [-0.15, -0.1) is 11.3 Å². The maximum atomic E-state index is 5.06. The maximum absolute atomic E-state index is 5.06. The molecule has 0 aromatic carbocycles. The highest BCUT2D eigenvalue weighted by Crippen LogP contribution is 2.28. The highest BCUT2D eigenvalue weighted by molar-refractivity contribution is 7.15. The van der Waals surface area contributed by atoms with E-state index in [1.165, 1.54) is 10.6 Å². The predicted molar refractivity (Wildman–Crippen MR) is 87.8 cm³/mol. The van der Waals surface area contributed by atoms with Crippen molar-refractivity contribution in [2.24, 2.45) is 0 Å². The molecule has 0 saturated carbocycles. The Morgan fingerprint density at radius 1 is 1.40 bits per heavy atom. The highest BCUT2D eigenvalue weighted by Gasteiger charge is 2.16. The largest absolute Gasteiger partial charge is 0.383 e. The van der Waals surface area contributed by atoms with Crippen LogP contribution in [0.15, 0.2) is 0 Å². The fourth-order valence-electron chi connectivity index (χ4n) is 1.93. The summed E-state index contributed by atoms with van der Waals surface area (Å²) in [6.45, 7) is 9.20. The van der Waals surface area contributed by atoms with Crippen LogP contribution in [0.5, 0.6) is 0 Å². The van der Waals surface area contributed by atoms with E-state index in [1.54, 1.807) is 7.11 Å². The van der Waals surface area contributed by atoms with E-state index in [0.717, 1.165) is 44.1 Å². The van der Waals surface area contributed by atoms with Crippen LogP contribution < -0.4 is 10.2 Å². The number of aromatic nitrogens is 1. The van der Waals surface area contributed by atoms with Gasteiger partial charge < -0.3 is 15.0 Å². The molecule has 0 radical (unpaired) electrons. The molecule has 116 valence electrons. The molecule has 0 aliphatic heterocycles. The lowest BCUT2D eigenvalue weighted by atomic mass is 10.2. The molecule has 0 bridgehead atoms. The van der Waals surface area contributed by atoms with Crippen molar-refractivity contribution in [1.82, 2.24) is 10.3 Å². The van der Waals surface area contributed by atoms with E-state index in [-0.39, 0.29) is 0 Å². The quantitative estimate of drug-likeness (QED) is 0.674. The molecule has 0 amide bonds. The van der Waals surface area contributed by atoms with E-state index >= 15 is 0 Å². The minimum absolute atomic E-state index is 0.532. The number of hydrogen-bond donors (Lipinski definition) is 1. The van der Waals surface area contributed by atoms with E-state index in [2.05, 4.69) is 38.0 Å². The Balaban J connectivity index is 2.73. The van der Waals surface area contributed by atoms with Gasteiger partial charge in [0, 0.05) is 38.2 Å². The Kier molecular flexibility index (Phi) is 8.11. The van der Waals surface area contributed by atoms with Crippen molar-refractivity contribution in [3.63, 3.8) is 0 Å². The third-order valence-electron chi connectivity index (χ3n) is 3.58. The fourth-order valence-corrected chi connectivity index (χ4v) is 3.07. The van der Waals surface area contributed by atoms with E-state index in [4.69, 9.17) is 9.72 Å². The van der Waals surface area contributed by atoms with Crippen molar-refractivity contribution in [2.45, 2.75) is 52.6 Å². The van der Waals surface area contributed by atoms with Gasteiger partial charge in [0.25, 0.3) is 0 Å². The molecule has 1 rings (SSSR count). The number of anilines is 1. The molecular weight excluding hydrogens is 270 g/mol. The van der Waals surface area contributed by atoms with E-state index in [9.17, 15) is 0 Å². The van der Waals surface area contributed by atoms with Crippen LogP contribution in [0, 0.1) is 0 Å². The lowest BCUT2D eigenvalue weighted by Crippen LogP contribution is -2.27. The maximum Gasteiger partial charge on any atom is 0.185 e.